The Balaban J connectivity index is 2.49. The van der Waals surface area contributed by atoms with Crippen molar-refractivity contribution in [1.29, 1.82) is 0 Å². The molecule has 0 aliphatic carbocycles. The van der Waals surface area contributed by atoms with E-state index in [1.54, 1.807) is 0 Å². The van der Waals surface area contributed by atoms with Gasteiger partial charge in [-0.1, -0.05) is 6.92 Å². The van der Waals surface area contributed by atoms with E-state index < -0.39 is 0 Å². The third kappa shape index (κ3) is 2.20. The number of halogens is 1. The Hall–Kier alpha value is -0.0800. The first-order chi connectivity index (χ1) is 5.65. The third-order valence-electron chi connectivity index (χ3n) is 2.55. The molecule has 1 heterocycles. The van der Waals surface area contributed by atoms with E-state index in [1.807, 2.05) is 6.92 Å². The van der Waals surface area contributed by atoms with Crippen molar-refractivity contribution >= 4 is 17.4 Å². The first-order valence-electron chi connectivity index (χ1n) is 4.48. The van der Waals surface area contributed by atoms with Gasteiger partial charge >= 0.3 is 0 Å². The summed E-state index contributed by atoms with van der Waals surface area (Å²) in [5.74, 6) is 1.25. The number of hydrogen-bond acceptors (Lipinski definition) is 2. The number of piperidine rings is 1. The summed E-state index contributed by atoms with van der Waals surface area (Å²) in [5, 5.41) is 0. The van der Waals surface area contributed by atoms with Crippen LogP contribution >= 0.6 is 11.6 Å². The number of rotatable bonds is 2. The Kier molecular flexibility index (Phi) is 3.53. The second-order valence-electron chi connectivity index (χ2n) is 3.60. The highest BCUT2D eigenvalue weighted by atomic mass is 35.5. The normalized spacial score (nSPS) is 32.4. The highest BCUT2D eigenvalue weighted by Gasteiger charge is 2.28. The van der Waals surface area contributed by atoms with Gasteiger partial charge < -0.3 is 0 Å². The van der Waals surface area contributed by atoms with Crippen LogP contribution in [0.4, 0.5) is 0 Å². The molecule has 1 aliphatic rings. The summed E-state index contributed by atoms with van der Waals surface area (Å²) in [6.07, 6.45) is 0.693. The average molecular weight is 190 g/mol. The van der Waals surface area contributed by atoms with E-state index in [9.17, 15) is 4.79 Å². The molecule has 2 nitrogen and oxygen atoms in total. The van der Waals surface area contributed by atoms with E-state index in [-0.39, 0.29) is 5.92 Å². The molecule has 0 amide bonds. The topological polar surface area (TPSA) is 20.3 Å². The maximum absolute atomic E-state index is 11.3. The molecular weight excluding hydrogens is 174 g/mol. The van der Waals surface area contributed by atoms with E-state index in [0.29, 0.717) is 24.1 Å². The van der Waals surface area contributed by atoms with Crippen molar-refractivity contribution in [2.75, 3.05) is 19.0 Å². The van der Waals surface area contributed by atoms with Crippen molar-refractivity contribution in [2.45, 2.75) is 26.3 Å². The zero-order chi connectivity index (χ0) is 9.14. The first kappa shape index (κ1) is 10.0. The minimum absolute atomic E-state index is 0.199. The molecule has 0 spiro atoms. The molecule has 0 N–H and O–H groups in total. The van der Waals surface area contributed by atoms with Crippen LogP contribution in [0.5, 0.6) is 0 Å². The lowest BCUT2D eigenvalue weighted by molar-refractivity contribution is -0.127. The predicted octanol–water partition coefficient (Wildman–Crippen LogP) is 1.52. The maximum atomic E-state index is 11.3. The van der Waals surface area contributed by atoms with Gasteiger partial charge in [0.05, 0.1) is 0 Å². The van der Waals surface area contributed by atoms with Crippen LogP contribution in [-0.4, -0.2) is 35.7 Å². The molecule has 1 fully saturated rings. The van der Waals surface area contributed by atoms with Crippen LogP contribution in [0.15, 0.2) is 0 Å². The molecular formula is C9H16ClNO. The average Bonchev–Trinajstić information content (AvgIpc) is 2.01. The molecule has 70 valence electrons. The Morgan fingerprint density at radius 3 is 2.83 bits per heavy atom. The van der Waals surface area contributed by atoms with Gasteiger partial charge in [-0.25, -0.2) is 0 Å². The van der Waals surface area contributed by atoms with Crippen molar-refractivity contribution in [3.05, 3.63) is 0 Å². The molecule has 1 saturated heterocycles. The van der Waals surface area contributed by atoms with E-state index in [0.717, 1.165) is 13.1 Å². The molecule has 2 atom stereocenters. The van der Waals surface area contributed by atoms with Crippen molar-refractivity contribution < 1.29 is 4.79 Å². The number of carbonyl (C=O) groups is 1. The van der Waals surface area contributed by atoms with Crippen LogP contribution in [0.25, 0.3) is 0 Å². The Bertz CT molecular complexity index is 172. The summed E-state index contributed by atoms with van der Waals surface area (Å²) in [7, 11) is 0. The lowest BCUT2D eigenvalue weighted by atomic mass is 9.94. The maximum Gasteiger partial charge on any atom is 0.138 e. The molecule has 0 radical (unpaired) electrons. The summed E-state index contributed by atoms with van der Waals surface area (Å²) in [6, 6.07) is 0.382. The fraction of sp³-hybridized carbons (Fsp3) is 0.889. The van der Waals surface area contributed by atoms with E-state index in [1.165, 1.54) is 0 Å². The van der Waals surface area contributed by atoms with Crippen LogP contribution in [0.2, 0.25) is 0 Å². The van der Waals surface area contributed by atoms with Crippen LogP contribution in [0.1, 0.15) is 20.3 Å². The monoisotopic (exact) mass is 189 g/mol. The van der Waals surface area contributed by atoms with Crippen molar-refractivity contribution in [3.63, 3.8) is 0 Å². The van der Waals surface area contributed by atoms with E-state index >= 15 is 0 Å². The molecule has 3 heteroatoms. The van der Waals surface area contributed by atoms with Crippen molar-refractivity contribution in [3.8, 4) is 0 Å². The van der Waals surface area contributed by atoms with Gasteiger partial charge in [-0.2, -0.15) is 0 Å². The smallest absolute Gasteiger partial charge is 0.138 e. The minimum Gasteiger partial charge on any atom is -0.299 e. The molecule has 0 bridgehead atoms. The quantitative estimate of drug-likeness (QED) is 0.614. The van der Waals surface area contributed by atoms with E-state index in [4.69, 9.17) is 11.6 Å². The van der Waals surface area contributed by atoms with Crippen molar-refractivity contribution in [2.24, 2.45) is 5.92 Å². The predicted molar refractivity (Wildman–Crippen MR) is 50.5 cm³/mol. The molecule has 1 aliphatic heterocycles. The van der Waals surface area contributed by atoms with Crippen LogP contribution in [-0.2, 0) is 4.79 Å². The summed E-state index contributed by atoms with van der Waals surface area (Å²) < 4.78 is 0. The van der Waals surface area contributed by atoms with Gasteiger partial charge in [-0.3, -0.25) is 9.69 Å². The van der Waals surface area contributed by atoms with Gasteiger partial charge in [0.15, 0.2) is 0 Å². The number of Topliss-reactive ketones (excluding diaryl/α,β-unsaturated/α-hetero) is 1. The Morgan fingerprint density at radius 2 is 2.25 bits per heavy atom. The second-order valence-corrected chi connectivity index (χ2v) is 3.98. The number of hydrogen-bond donors (Lipinski definition) is 0. The van der Waals surface area contributed by atoms with Crippen LogP contribution < -0.4 is 0 Å². The highest BCUT2D eigenvalue weighted by Crippen LogP contribution is 2.17. The van der Waals surface area contributed by atoms with Crippen LogP contribution in [0, 0.1) is 5.92 Å². The molecule has 0 aromatic carbocycles. The minimum atomic E-state index is 0.199. The lowest BCUT2D eigenvalue weighted by Gasteiger charge is -2.35. The Morgan fingerprint density at radius 1 is 1.58 bits per heavy atom. The number of nitrogens with zero attached hydrogens (tertiary/aromatic N) is 1. The lowest BCUT2D eigenvalue weighted by Crippen LogP contribution is -2.46. The molecule has 2 unspecified atom stereocenters. The van der Waals surface area contributed by atoms with Crippen LogP contribution in [0.3, 0.4) is 0 Å². The molecule has 12 heavy (non-hydrogen) atoms. The largest absolute Gasteiger partial charge is 0.299 e. The number of likely N-dealkylation sites (tertiary alicyclic amines) is 1. The highest BCUT2D eigenvalue weighted by molar-refractivity contribution is 6.18. The molecule has 0 aromatic rings. The molecule has 1 rings (SSSR count). The summed E-state index contributed by atoms with van der Waals surface area (Å²) in [4.78, 5) is 13.6. The van der Waals surface area contributed by atoms with Crippen molar-refractivity contribution in [1.82, 2.24) is 4.90 Å². The summed E-state index contributed by atoms with van der Waals surface area (Å²) >= 11 is 5.66. The molecule has 0 saturated carbocycles. The summed E-state index contributed by atoms with van der Waals surface area (Å²) in [6.45, 7) is 5.87. The SMILES string of the molecule is CC1CN(CCCl)C(C)CC1=O. The first-order valence-corrected chi connectivity index (χ1v) is 5.01. The van der Waals surface area contributed by atoms with Gasteiger partial charge in [0.2, 0.25) is 0 Å². The van der Waals surface area contributed by atoms with Gasteiger partial charge in [0.1, 0.15) is 5.78 Å². The van der Waals surface area contributed by atoms with Gasteiger partial charge in [0.25, 0.3) is 0 Å². The fourth-order valence-electron chi connectivity index (χ4n) is 1.68. The molecule has 0 aromatic heterocycles. The van der Waals surface area contributed by atoms with Gasteiger partial charge in [-0.05, 0) is 6.92 Å². The zero-order valence-corrected chi connectivity index (χ0v) is 8.47. The third-order valence-corrected chi connectivity index (χ3v) is 2.72. The fourth-order valence-corrected chi connectivity index (χ4v) is 1.89. The summed E-state index contributed by atoms with van der Waals surface area (Å²) in [5.41, 5.74) is 0. The number of carbonyl (C=O) groups excluding carboxylic acids is 1. The standard InChI is InChI=1S/C9H16ClNO/c1-7-6-11(4-3-10)8(2)5-9(7)12/h7-8H,3-6H2,1-2H3. The Labute approximate surface area is 78.9 Å². The number of ketones is 1. The van der Waals surface area contributed by atoms with Gasteiger partial charge in [0, 0.05) is 37.4 Å². The zero-order valence-electron chi connectivity index (χ0n) is 7.72. The number of alkyl halides is 1. The second kappa shape index (κ2) is 4.24. The van der Waals surface area contributed by atoms with E-state index in [2.05, 4.69) is 11.8 Å². The van der Waals surface area contributed by atoms with Gasteiger partial charge in [-0.15, -0.1) is 11.6 Å².